The molecule has 0 radical (unpaired) electrons. The Bertz CT molecular complexity index is 913. The fourth-order valence-corrected chi connectivity index (χ4v) is 4.00. The molecule has 1 saturated carbocycles. The first-order valence-electron chi connectivity index (χ1n) is 10.1. The molecule has 1 aliphatic carbocycles. The number of urea groups is 1. The van der Waals surface area contributed by atoms with Gasteiger partial charge in [-0.25, -0.2) is 4.79 Å². The molecule has 152 valence electrons. The van der Waals surface area contributed by atoms with Crippen LogP contribution >= 0.6 is 0 Å². The van der Waals surface area contributed by atoms with Gasteiger partial charge < -0.3 is 9.73 Å². The van der Waals surface area contributed by atoms with Crippen LogP contribution in [0.4, 0.5) is 4.79 Å². The lowest BCUT2D eigenvalue weighted by Gasteiger charge is -2.33. The van der Waals surface area contributed by atoms with Crippen LogP contribution in [-0.4, -0.2) is 28.4 Å². The van der Waals surface area contributed by atoms with Crippen molar-refractivity contribution in [1.82, 2.24) is 15.8 Å². The lowest BCUT2D eigenvalue weighted by molar-refractivity contribution is -0.140. The minimum atomic E-state index is -0.859. The molecule has 1 spiro atoms. The molecule has 2 fully saturated rings. The van der Waals surface area contributed by atoms with Crippen LogP contribution in [-0.2, 0) is 16.0 Å². The van der Waals surface area contributed by atoms with Crippen molar-refractivity contribution in [3.63, 3.8) is 0 Å². The number of hydrazine groups is 1. The van der Waals surface area contributed by atoms with E-state index in [0.717, 1.165) is 29.2 Å². The minimum Gasteiger partial charge on any atom is -0.461 e. The predicted octanol–water partition coefficient (Wildman–Crippen LogP) is 3.41. The number of rotatable bonds is 5. The van der Waals surface area contributed by atoms with Gasteiger partial charge in [-0.15, -0.1) is 0 Å². The molecule has 7 heteroatoms. The number of aryl methyl sites for hydroxylation is 1. The van der Waals surface area contributed by atoms with Crippen LogP contribution in [0.3, 0.4) is 0 Å². The molecule has 0 atom stereocenters. The highest BCUT2D eigenvalue weighted by molar-refractivity contribution is 6.08. The molecule has 1 aromatic carbocycles. The number of nitrogens with zero attached hydrogens (tertiary/aromatic N) is 1. The zero-order valence-corrected chi connectivity index (χ0v) is 16.4. The van der Waals surface area contributed by atoms with E-state index < -0.39 is 17.5 Å². The third-order valence-electron chi connectivity index (χ3n) is 5.84. The summed E-state index contributed by atoms with van der Waals surface area (Å²) in [4.78, 5) is 37.4. The molecule has 2 aromatic rings. The number of hydrogen-bond donors (Lipinski definition) is 2. The van der Waals surface area contributed by atoms with Crippen molar-refractivity contribution < 1.29 is 18.8 Å². The van der Waals surface area contributed by atoms with Gasteiger partial charge in [0.2, 0.25) is 5.91 Å². The lowest BCUT2D eigenvalue weighted by Crippen LogP contribution is -2.51. The summed E-state index contributed by atoms with van der Waals surface area (Å²) >= 11 is 0. The molecule has 0 bridgehead atoms. The van der Waals surface area contributed by atoms with Crippen LogP contribution in [0, 0.1) is 5.92 Å². The number of imide groups is 1. The van der Waals surface area contributed by atoms with E-state index in [1.54, 1.807) is 0 Å². The first-order chi connectivity index (χ1) is 14.0. The maximum Gasteiger partial charge on any atom is 0.344 e. The summed E-state index contributed by atoms with van der Waals surface area (Å²) < 4.78 is 5.79. The molecule has 4 amide bonds. The van der Waals surface area contributed by atoms with E-state index in [2.05, 4.69) is 17.7 Å². The van der Waals surface area contributed by atoms with E-state index in [0.29, 0.717) is 30.9 Å². The predicted molar refractivity (Wildman–Crippen MR) is 106 cm³/mol. The summed E-state index contributed by atoms with van der Waals surface area (Å²) in [6.45, 7) is 2.14. The van der Waals surface area contributed by atoms with E-state index in [9.17, 15) is 14.4 Å². The van der Waals surface area contributed by atoms with Crippen molar-refractivity contribution in [1.29, 1.82) is 0 Å². The number of carbonyl (C=O) groups is 3. The average Bonchev–Trinajstić information content (AvgIpc) is 3.29. The largest absolute Gasteiger partial charge is 0.461 e. The smallest absolute Gasteiger partial charge is 0.344 e. The molecular formula is C22H25N3O4. The topological polar surface area (TPSA) is 91.7 Å². The highest BCUT2D eigenvalue weighted by Gasteiger charge is 2.52. The number of amides is 4. The van der Waals surface area contributed by atoms with E-state index in [4.69, 9.17) is 4.42 Å². The maximum atomic E-state index is 12.8. The van der Waals surface area contributed by atoms with Gasteiger partial charge in [0.15, 0.2) is 0 Å². The number of carbonyl (C=O) groups excluding carboxylic acids is 3. The zero-order valence-electron chi connectivity index (χ0n) is 16.4. The molecule has 1 saturated heterocycles. The number of furan rings is 1. The van der Waals surface area contributed by atoms with Crippen LogP contribution in [0.15, 0.2) is 46.9 Å². The summed E-state index contributed by atoms with van der Waals surface area (Å²) in [6, 6.07) is 12.9. The van der Waals surface area contributed by atoms with Crippen molar-refractivity contribution in [2.24, 2.45) is 5.92 Å². The Morgan fingerprint density at radius 3 is 2.62 bits per heavy atom. The SMILES string of the molecule is CC1CCC2(CC1)NC(=O)N(NC(=O)CCc1ccc(-c3ccccc3)o1)C2=O. The normalized spacial score (nSPS) is 24.0. The molecule has 29 heavy (non-hydrogen) atoms. The second kappa shape index (κ2) is 7.73. The fraction of sp³-hybridized carbons (Fsp3) is 0.409. The van der Waals surface area contributed by atoms with Gasteiger partial charge in [0.25, 0.3) is 5.91 Å². The summed E-state index contributed by atoms with van der Waals surface area (Å²) in [5, 5.41) is 3.64. The molecule has 1 aromatic heterocycles. The zero-order chi connectivity index (χ0) is 20.4. The Labute approximate surface area is 169 Å². The quantitative estimate of drug-likeness (QED) is 0.759. The van der Waals surface area contributed by atoms with Gasteiger partial charge in [-0.2, -0.15) is 5.01 Å². The molecule has 7 nitrogen and oxygen atoms in total. The Kier molecular flexibility index (Phi) is 5.13. The number of nitrogens with one attached hydrogen (secondary N) is 2. The van der Waals surface area contributed by atoms with E-state index >= 15 is 0 Å². The highest BCUT2D eigenvalue weighted by Crippen LogP contribution is 2.35. The molecule has 1 aliphatic heterocycles. The minimum absolute atomic E-state index is 0.114. The Balaban J connectivity index is 1.33. The monoisotopic (exact) mass is 395 g/mol. The number of benzene rings is 1. The highest BCUT2D eigenvalue weighted by atomic mass is 16.3. The second-order valence-electron chi connectivity index (χ2n) is 8.00. The van der Waals surface area contributed by atoms with Gasteiger partial charge in [-0.05, 0) is 43.7 Å². The van der Waals surface area contributed by atoms with E-state index in [1.165, 1.54) is 0 Å². The van der Waals surface area contributed by atoms with Gasteiger partial charge in [-0.3, -0.25) is 15.0 Å². The van der Waals surface area contributed by atoms with Crippen LogP contribution in [0.5, 0.6) is 0 Å². The maximum absolute atomic E-state index is 12.8. The van der Waals surface area contributed by atoms with E-state index in [-0.39, 0.29) is 12.3 Å². The van der Waals surface area contributed by atoms with Crippen LogP contribution in [0.1, 0.15) is 44.8 Å². The van der Waals surface area contributed by atoms with Gasteiger partial charge in [0.05, 0.1) is 0 Å². The molecule has 0 unspecified atom stereocenters. The Morgan fingerprint density at radius 1 is 1.17 bits per heavy atom. The third kappa shape index (κ3) is 3.90. The standard InChI is InChI=1S/C22H25N3O4/c1-15-11-13-22(14-12-15)20(27)25(21(28)23-22)24-19(26)10-8-17-7-9-18(29-17)16-5-3-2-4-6-16/h2-7,9,15H,8,10-14H2,1H3,(H,23,28)(H,24,26). The van der Waals surface area contributed by atoms with E-state index in [1.807, 2.05) is 42.5 Å². The first kappa shape index (κ1) is 19.2. The lowest BCUT2D eigenvalue weighted by atomic mass is 9.77. The molecule has 4 rings (SSSR count). The van der Waals surface area contributed by atoms with Gasteiger partial charge >= 0.3 is 6.03 Å². The molecule has 2 aliphatic rings. The molecule has 2 heterocycles. The van der Waals surface area contributed by atoms with Crippen molar-refractivity contribution in [2.75, 3.05) is 0 Å². The summed E-state index contributed by atoms with van der Waals surface area (Å²) in [5.41, 5.74) is 2.57. The number of hydrogen-bond acceptors (Lipinski definition) is 4. The van der Waals surface area contributed by atoms with Gasteiger partial charge in [0.1, 0.15) is 17.1 Å². The summed E-state index contributed by atoms with van der Waals surface area (Å²) in [6.07, 6.45) is 3.49. The second-order valence-corrected chi connectivity index (χ2v) is 8.00. The van der Waals surface area contributed by atoms with Crippen molar-refractivity contribution in [3.05, 3.63) is 48.2 Å². The van der Waals surface area contributed by atoms with Crippen molar-refractivity contribution in [2.45, 2.75) is 51.0 Å². The summed E-state index contributed by atoms with van der Waals surface area (Å²) in [5.74, 6) is 1.21. The van der Waals surface area contributed by atoms with Gasteiger partial charge in [0, 0.05) is 18.4 Å². The third-order valence-corrected chi connectivity index (χ3v) is 5.84. The fourth-order valence-electron chi connectivity index (χ4n) is 4.00. The van der Waals surface area contributed by atoms with Crippen molar-refractivity contribution >= 4 is 17.8 Å². The summed E-state index contributed by atoms with van der Waals surface area (Å²) in [7, 11) is 0. The van der Waals surface area contributed by atoms with Crippen LogP contribution in [0.2, 0.25) is 0 Å². The van der Waals surface area contributed by atoms with Gasteiger partial charge in [-0.1, -0.05) is 37.3 Å². The molecule has 2 N–H and O–H groups in total. The Hall–Kier alpha value is -3.09. The van der Waals surface area contributed by atoms with Crippen LogP contribution < -0.4 is 10.7 Å². The Morgan fingerprint density at radius 2 is 1.90 bits per heavy atom. The first-order valence-corrected chi connectivity index (χ1v) is 10.1. The van der Waals surface area contributed by atoms with Crippen molar-refractivity contribution in [3.8, 4) is 11.3 Å². The average molecular weight is 395 g/mol. The van der Waals surface area contributed by atoms with Crippen LogP contribution in [0.25, 0.3) is 11.3 Å². The molecular weight excluding hydrogens is 370 g/mol.